The monoisotopic (exact) mass is 295 g/mol. The van der Waals surface area contributed by atoms with Gasteiger partial charge < -0.3 is 15.1 Å². The summed E-state index contributed by atoms with van der Waals surface area (Å²) in [5, 5.41) is 3.14. The van der Waals surface area contributed by atoms with Crippen molar-refractivity contribution in [3.63, 3.8) is 0 Å². The van der Waals surface area contributed by atoms with Crippen LogP contribution in [-0.2, 0) is 4.79 Å². The van der Waals surface area contributed by atoms with Gasteiger partial charge in [-0.3, -0.25) is 4.79 Å². The number of nitrogens with one attached hydrogen (secondary N) is 1. The molecule has 1 heterocycles. The van der Waals surface area contributed by atoms with Crippen LogP contribution in [0.1, 0.15) is 44.9 Å². The highest BCUT2D eigenvalue weighted by molar-refractivity contribution is 5.78. The van der Waals surface area contributed by atoms with Gasteiger partial charge in [-0.1, -0.05) is 19.3 Å². The van der Waals surface area contributed by atoms with Crippen LogP contribution in [0.15, 0.2) is 0 Å². The lowest BCUT2D eigenvalue weighted by atomic mass is 9.88. The minimum absolute atomic E-state index is 0.0969. The average Bonchev–Trinajstić information content (AvgIpc) is 2.53. The highest BCUT2D eigenvalue weighted by atomic mass is 16.2. The highest BCUT2D eigenvalue weighted by Crippen LogP contribution is 2.24. The van der Waals surface area contributed by atoms with Gasteiger partial charge >= 0.3 is 6.03 Å². The molecule has 1 saturated carbocycles. The van der Waals surface area contributed by atoms with Crippen molar-refractivity contribution in [2.45, 2.75) is 44.9 Å². The van der Waals surface area contributed by atoms with Crippen molar-refractivity contribution in [1.29, 1.82) is 0 Å². The zero-order valence-corrected chi connectivity index (χ0v) is 13.4. The van der Waals surface area contributed by atoms with E-state index in [-0.39, 0.29) is 17.9 Å². The van der Waals surface area contributed by atoms with E-state index in [1.54, 1.807) is 19.0 Å². The van der Waals surface area contributed by atoms with Crippen LogP contribution in [0.3, 0.4) is 0 Å². The number of carbonyl (C=O) groups is 2. The number of nitrogens with zero attached hydrogens (tertiary/aromatic N) is 2. The Morgan fingerprint density at radius 1 is 1.05 bits per heavy atom. The molecule has 5 heteroatoms. The van der Waals surface area contributed by atoms with E-state index in [1.165, 1.54) is 19.3 Å². The van der Waals surface area contributed by atoms with Gasteiger partial charge in [-0.2, -0.15) is 0 Å². The molecule has 2 aliphatic rings. The Kier molecular flexibility index (Phi) is 5.88. The van der Waals surface area contributed by atoms with E-state index in [4.69, 9.17) is 0 Å². The number of hydrogen-bond acceptors (Lipinski definition) is 2. The Balaban J connectivity index is 1.66. The van der Waals surface area contributed by atoms with Crippen LogP contribution in [0, 0.1) is 11.8 Å². The number of likely N-dealkylation sites (tertiary alicyclic amines) is 1. The first-order chi connectivity index (χ1) is 10.1. The largest absolute Gasteiger partial charge is 0.356 e. The number of carbonyl (C=O) groups excluding carboxylic acids is 2. The van der Waals surface area contributed by atoms with Gasteiger partial charge in [0.1, 0.15) is 0 Å². The minimum Gasteiger partial charge on any atom is -0.356 e. The Hall–Kier alpha value is -1.26. The summed E-state index contributed by atoms with van der Waals surface area (Å²) in [6, 6.07) is 0.0969. The third-order valence-corrected chi connectivity index (χ3v) is 4.81. The van der Waals surface area contributed by atoms with Gasteiger partial charge in [0.15, 0.2) is 0 Å². The van der Waals surface area contributed by atoms with Crippen molar-refractivity contribution in [3.05, 3.63) is 0 Å². The fourth-order valence-corrected chi connectivity index (χ4v) is 3.37. The van der Waals surface area contributed by atoms with Crippen molar-refractivity contribution in [2.75, 3.05) is 33.7 Å². The quantitative estimate of drug-likeness (QED) is 0.866. The maximum atomic E-state index is 12.1. The second-order valence-corrected chi connectivity index (χ2v) is 6.69. The standard InChI is InChI=1S/C16H29N3O2/c1-18(2)16(21)19-10-8-13(9-11-19)12-17-15(20)14-6-4-3-5-7-14/h13-14H,3-12H2,1-2H3,(H,17,20). The maximum Gasteiger partial charge on any atom is 0.319 e. The summed E-state index contributed by atoms with van der Waals surface area (Å²) >= 11 is 0. The molecule has 120 valence electrons. The summed E-state index contributed by atoms with van der Waals surface area (Å²) in [4.78, 5) is 27.5. The molecule has 1 N–H and O–H groups in total. The SMILES string of the molecule is CN(C)C(=O)N1CCC(CNC(=O)C2CCCCC2)CC1. The van der Waals surface area contributed by atoms with Crippen LogP contribution in [-0.4, -0.2) is 55.5 Å². The van der Waals surface area contributed by atoms with E-state index in [1.807, 2.05) is 4.90 Å². The molecule has 0 bridgehead atoms. The maximum absolute atomic E-state index is 12.1. The Morgan fingerprint density at radius 2 is 1.67 bits per heavy atom. The lowest BCUT2D eigenvalue weighted by molar-refractivity contribution is -0.126. The lowest BCUT2D eigenvalue weighted by Gasteiger charge is -2.34. The first-order valence-corrected chi connectivity index (χ1v) is 8.32. The van der Waals surface area contributed by atoms with Gasteiger partial charge in [0.05, 0.1) is 0 Å². The van der Waals surface area contributed by atoms with E-state index in [9.17, 15) is 9.59 Å². The van der Waals surface area contributed by atoms with E-state index in [2.05, 4.69) is 5.32 Å². The molecule has 2 fully saturated rings. The smallest absolute Gasteiger partial charge is 0.319 e. The number of piperidine rings is 1. The molecule has 0 aromatic heterocycles. The van der Waals surface area contributed by atoms with Gasteiger partial charge in [0.2, 0.25) is 5.91 Å². The Morgan fingerprint density at radius 3 is 2.24 bits per heavy atom. The minimum atomic E-state index is 0.0969. The summed E-state index contributed by atoms with van der Waals surface area (Å²) in [5.41, 5.74) is 0. The van der Waals surface area contributed by atoms with E-state index >= 15 is 0 Å². The molecule has 0 atom stereocenters. The predicted molar refractivity (Wildman–Crippen MR) is 83.0 cm³/mol. The third-order valence-electron chi connectivity index (χ3n) is 4.81. The second-order valence-electron chi connectivity index (χ2n) is 6.69. The second kappa shape index (κ2) is 7.66. The number of hydrogen-bond donors (Lipinski definition) is 1. The fraction of sp³-hybridized carbons (Fsp3) is 0.875. The van der Waals surface area contributed by atoms with Crippen LogP contribution in [0.5, 0.6) is 0 Å². The van der Waals surface area contributed by atoms with E-state index < -0.39 is 0 Å². The molecule has 0 radical (unpaired) electrons. The van der Waals surface area contributed by atoms with Crippen LogP contribution >= 0.6 is 0 Å². The number of rotatable bonds is 3. The Labute approximate surface area is 128 Å². The zero-order valence-electron chi connectivity index (χ0n) is 13.4. The Bertz CT molecular complexity index is 357. The molecule has 5 nitrogen and oxygen atoms in total. The highest BCUT2D eigenvalue weighted by Gasteiger charge is 2.25. The average molecular weight is 295 g/mol. The molecule has 1 aliphatic carbocycles. The van der Waals surface area contributed by atoms with Crippen LogP contribution < -0.4 is 5.32 Å². The van der Waals surface area contributed by atoms with Crippen molar-refractivity contribution in [2.24, 2.45) is 11.8 Å². The molecular formula is C16H29N3O2. The van der Waals surface area contributed by atoms with Gasteiger partial charge in [-0.25, -0.2) is 4.79 Å². The molecule has 0 aromatic carbocycles. The molecule has 21 heavy (non-hydrogen) atoms. The molecule has 1 aliphatic heterocycles. The molecule has 2 rings (SSSR count). The molecule has 0 aromatic rings. The molecule has 0 spiro atoms. The van der Waals surface area contributed by atoms with Gasteiger partial charge in [-0.05, 0) is 31.6 Å². The summed E-state index contributed by atoms with van der Waals surface area (Å²) in [7, 11) is 3.58. The molecule has 1 saturated heterocycles. The number of amides is 3. The lowest BCUT2D eigenvalue weighted by Crippen LogP contribution is -2.45. The topological polar surface area (TPSA) is 52.7 Å². The van der Waals surface area contributed by atoms with Crippen molar-refractivity contribution < 1.29 is 9.59 Å². The van der Waals surface area contributed by atoms with Crippen LogP contribution in [0.25, 0.3) is 0 Å². The first kappa shape index (κ1) is 16.1. The van der Waals surface area contributed by atoms with Crippen LogP contribution in [0.4, 0.5) is 4.79 Å². The van der Waals surface area contributed by atoms with Gasteiger partial charge in [-0.15, -0.1) is 0 Å². The van der Waals surface area contributed by atoms with Gasteiger partial charge in [0, 0.05) is 39.6 Å². The predicted octanol–water partition coefficient (Wildman–Crippen LogP) is 2.08. The van der Waals surface area contributed by atoms with Crippen LogP contribution in [0.2, 0.25) is 0 Å². The fourth-order valence-electron chi connectivity index (χ4n) is 3.37. The van der Waals surface area contributed by atoms with E-state index in [0.29, 0.717) is 5.92 Å². The summed E-state index contributed by atoms with van der Waals surface area (Å²) in [5.74, 6) is 1.01. The van der Waals surface area contributed by atoms with Crippen molar-refractivity contribution >= 4 is 11.9 Å². The summed E-state index contributed by atoms with van der Waals surface area (Å²) in [6.45, 7) is 2.39. The summed E-state index contributed by atoms with van der Waals surface area (Å²) in [6.07, 6.45) is 7.77. The third kappa shape index (κ3) is 4.61. The van der Waals surface area contributed by atoms with Gasteiger partial charge in [0.25, 0.3) is 0 Å². The molecule has 0 unspecified atom stereocenters. The van der Waals surface area contributed by atoms with Crippen molar-refractivity contribution in [1.82, 2.24) is 15.1 Å². The molecular weight excluding hydrogens is 266 g/mol. The molecule has 3 amide bonds. The summed E-state index contributed by atoms with van der Waals surface area (Å²) < 4.78 is 0. The first-order valence-electron chi connectivity index (χ1n) is 8.32. The number of urea groups is 1. The van der Waals surface area contributed by atoms with E-state index in [0.717, 1.165) is 45.3 Å². The normalized spacial score (nSPS) is 21.1. The zero-order chi connectivity index (χ0) is 15.2. The van der Waals surface area contributed by atoms with Crippen molar-refractivity contribution in [3.8, 4) is 0 Å².